The Kier molecular flexibility index (Phi) is 4.59. The molecule has 21 heavy (non-hydrogen) atoms. The topological polar surface area (TPSA) is 24.5 Å². The van der Waals surface area contributed by atoms with Crippen LogP contribution >= 0.6 is 0 Å². The SMILES string of the molecule is CC(C)(C)NCc1cc(F)ccc1N1CCOCC1(C)C. The predicted molar refractivity (Wildman–Crippen MR) is 85.2 cm³/mol. The molecular formula is C17H27FN2O. The summed E-state index contributed by atoms with van der Waals surface area (Å²) >= 11 is 0. The number of nitrogens with one attached hydrogen (secondary N) is 1. The van der Waals surface area contributed by atoms with Crippen LogP contribution in [0.5, 0.6) is 0 Å². The largest absolute Gasteiger partial charge is 0.377 e. The first-order valence-corrected chi connectivity index (χ1v) is 7.58. The molecule has 1 aliphatic rings. The highest BCUT2D eigenvalue weighted by Crippen LogP contribution is 2.30. The third-order valence-corrected chi connectivity index (χ3v) is 3.79. The number of morpholine rings is 1. The van der Waals surface area contributed by atoms with Crippen LogP contribution in [0.3, 0.4) is 0 Å². The molecule has 0 bridgehead atoms. The number of hydrogen-bond acceptors (Lipinski definition) is 3. The molecule has 4 heteroatoms. The van der Waals surface area contributed by atoms with Crippen LogP contribution in [0.25, 0.3) is 0 Å². The maximum Gasteiger partial charge on any atom is 0.123 e. The first-order chi connectivity index (χ1) is 9.69. The lowest BCUT2D eigenvalue weighted by Gasteiger charge is -2.44. The van der Waals surface area contributed by atoms with Crippen molar-refractivity contribution in [3.8, 4) is 0 Å². The van der Waals surface area contributed by atoms with Gasteiger partial charge in [-0.2, -0.15) is 0 Å². The van der Waals surface area contributed by atoms with E-state index in [0.717, 1.165) is 17.8 Å². The Bertz CT molecular complexity index is 494. The molecule has 0 aliphatic carbocycles. The van der Waals surface area contributed by atoms with Gasteiger partial charge in [-0.3, -0.25) is 0 Å². The number of nitrogens with zero attached hydrogens (tertiary/aromatic N) is 1. The van der Waals surface area contributed by atoms with Crippen LogP contribution < -0.4 is 10.2 Å². The molecule has 1 aromatic carbocycles. The molecule has 3 nitrogen and oxygen atoms in total. The Morgan fingerprint density at radius 3 is 2.67 bits per heavy atom. The average Bonchev–Trinajstić information content (AvgIpc) is 2.36. The van der Waals surface area contributed by atoms with Crippen LogP contribution in [0.4, 0.5) is 10.1 Å². The second-order valence-corrected chi connectivity index (χ2v) is 7.39. The van der Waals surface area contributed by atoms with Crippen molar-refractivity contribution in [3.63, 3.8) is 0 Å². The quantitative estimate of drug-likeness (QED) is 0.925. The van der Waals surface area contributed by atoms with Gasteiger partial charge < -0.3 is 15.0 Å². The van der Waals surface area contributed by atoms with Crippen LogP contribution in [0.15, 0.2) is 18.2 Å². The summed E-state index contributed by atoms with van der Waals surface area (Å²) in [6.07, 6.45) is 0. The normalized spacial score (nSPS) is 18.9. The van der Waals surface area contributed by atoms with E-state index in [2.05, 4.69) is 44.8 Å². The van der Waals surface area contributed by atoms with Crippen LogP contribution in [0, 0.1) is 5.82 Å². The average molecular weight is 294 g/mol. The summed E-state index contributed by atoms with van der Waals surface area (Å²) in [5.74, 6) is -0.185. The Morgan fingerprint density at radius 2 is 2.05 bits per heavy atom. The van der Waals surface area contributed by atoms with Crippen LogP contribution in [-0.2, 0) is 11.3 Å². The van der Waals surface area contributed by atoms with E-state index < -0.39 is 0 Å². The van der Waals surface area contributed by atoms with E-state index in [4.69, 9.17) is 4.74 Å². The second-order valence-electron chi connectivity index (χ2n) is 7.39. The number of anilines is 1. The van der Waals surface area contributed by atoms with Gasteiger partial charge in [-0.25, -0.2) is 4.39 Å². The van der Waals surface area contributed by atoms with Gasteiger partial charge in [0.05, 0.1) is 18.8 Å². The number of ether oxygens (including phenoxy) is 1. The lowest BCUT2D eigenvalue weighted by molar-refractivity contribution is 0.0643. The molecule has 0 spiro atoms. The highest BCUT2D eigenvalue weighted by atomic mass is 19.1. The monoisotopic (exact) mass is 294 g/mol. The molecule has 1 aliphatic heterocycles. The van der Waals surface area contributed by atoms with Gasteiger partial charge in [0, 0.05) is 24.3 Å². The lowest BCUT2D eigenvalue weighted by atomic mass is 9.99. The Balaban J connectivity index is 2.30. The van der Waals surface area contributed by atoms with Crippen molar-refractivity contribution in [2.75, 3.05) is 24.7 Å². The van der Waals surface area contributed by atoms with Crippen molar-refractivity contribution in [2.45, 2.75) is 52.2 Å². The van der Waals surface area contributed by atoms with Crippen molar-refractivity contribution < 1.29 is 9.13 Å². The minimum Gasteiger partial charge on any atom is -0.377 e. The summed E-state index contributed by atoms with van der Waals surface area (Å²) in [5.41, 5.74) is 2.03. The fourth-order valence-electron chi connectivity index (χ4n) is 2.62. The molecule has 1 fully saturated rings. The molecule has 1 saturated heterocycles. The van der Waals surface area contributed by atoms with Crippen LogP contribution in [-0.4, -0.2) is 30.8 Å². The summed E-state index contributed by atoms with van der Waals surface area (Å²) < 4.78 is 19.2. The van der Waals surface area contributed by atoms with Crippen molar-refractivity contribution in [3.05, 3.63) is 29.6 Å². The molecule has 118 valence electrons. The Hall–Kier alpha value is -1.13. The van der Waals surface area contributed by atoms with Crippen molar-refractivity contribution in [1.29, 1.82) is 0 Å². The molecule has 0 atom stereocenters. The fraction of sp³-hybridized carbons (Fsp3) is 0.647. The molecule has 0 aromatic heterocycles. The van der Waals surface area contributed by atoms with E-state index in [1.54, 1.807) is 12.1 Å². The molecule has 1 heterocycles. The predicted octanol–water partition coefficient (Wildman–Crippen LogP) is 3.33. The molecular weight excluding hydrogens is 267 g/mol. The standard InChI is InChI=1S/C17H27FN2O/c1-16(2,3)19-11-13-10-14(18)6-7-15(13)20-8-9-21-12-17(20,4)5/h6-7,10,19H,8-9,11-12H2,1-5H3. The van der Waals surface area contributed by atoms with E-state index in [1.807, 2.05) is 6.07 Å². The first-order valence-electron chi connectivity index (χ1n) is 7.58. The molecule has 1 aromatic rings. The molecule has 1 N–H and O–H groups in total. The van der Waals surface area contributed by atoms with E-state index in [9.17, 15) is 4.39 Å². The summed E-state index contributed by atoms with van der Waals surface area (Å²) in [6, 6.07) is 5.07. The van der Waals surface area contributed by atoms with E-state index in [0.29, 0.717) is 19.8 Å². The first kappa shape index (κ1) is 16.2. The zero-order valence-corrected chi connectivity index (χ0v) is 13.8. The van der Waals surface area contributed by atoms with Gasteiger partial charge in [0.2, 0.25) is 0 Å². The minimum absolute atomic E-state index is 0.00408. The summed E-state index contributed by atoms with van der Waals surface area (Å²) in [6.45, 7) is 13.6. The van der Waals surface area contributed by atoms with E-state index >= 15 is 0 Å². The lowest BCUT2D eigenvalue weighted by Crippen LogP contribution is -2.53. The third-order valence-electron chi connectivity index (χ3n) is 3.79. The Labute approximate surface area is 127 Å². The number of halogens is 1. The van der Waals surface area contributed by atoms with Gasteiger partial charge in [-0.05, 0) is 58.4 Å². The summed E-state index contributed by atoms with van der Waals surface area (Å²) in [7, 11) is 0. The van der Waals surface area contributed by atoms with Crippen molar-refractivity contribution >= 4 is 5.69 Å². The van der Waals surface area contributed by atoms with Crippen LogP contribution in [0.2, 0.25) is 0 Å². The van der Waals surface area contributed by atoms with Gasteiger partial charge in [0.25, 0.3) is 0 Å². The maximum absolute atomic E-state index is 13.7. The number of rotatable bonds is 3. The second kappa shape index (κ2) is 5.93. The third kappa shape index (κ3) is 4.17. The van der Waals surface area contributed by atoms with Gasteiger partial charge in [-0.15, -0.1) is 0 Å². The van der Waals surface area contributed by atoms with Gasteiger partial charge in [0.15, 0.2) is 0 Å². The highest BCUT2D eigenvalue weighted by Gasteiger charge is 2.32. The molecule has 0 unspecified atom stereocenters. The van der Waals surface area contributed by atoms with Gasteiger partial charge in [0.1, 0.15) is 5.82 Å². The highest BCUT2D eigenvalue weighted by molar-refractivity contribution is 5.56. The maximum atomic E-state index is 13.7. The van der Waals surface area contributed by atoms with Gasteiger partial charge >= 0.3 is 0 Å². The molecule has 0 amide bonds. The minimum atomic E-state index is -0.185. The zero-order valence-electron chi connectivity index (χ0n) is 13.8. The van der Waals surface area contributed by atoms with Crippen molar-refractivity contribution in [1.82, 2.24) is 5.32 Å². The molecule has 2 rings (SSSR count). The van der Waals surface area contributed by atoms with E-state index in [-0.39, 0.29) is 16.9 Å². The Morgan fingerprint density at radius 1 is 1.33 bits per heavy atom. The summed E-state index contributed by atoms with van der Waals surface area (Å²) in [5, 5.41) is 3.45. The number of benzene rings is 1. The molecule has 0 saturated carbocycles. The summed E-state index contributed by atoms with van der Waals surface area (Å²) in [4.78, 5) is 2.33. The number of hydrogen-bond donors (Lipinski definition) is 1. The smallest absolute Gasteiger partial charge is 0.123 e. The van der Waals surface area contributed by atoms with Crippen molar-refractivity contribution in [2.24, 2.45) is 0 Å². The zero-order chi connectivity index (χ0) is 15.7. The molecule has 0 radical (unpaired) electrons. The fourth-order valence-corrected chi connectivity index (χ4v) is 2.62. The van der Waals surface area contributed by atoms with Gasteiger partial charge in [-0.1, -0.05) is 0 Å². The van der Waals surface area contributed by atoms with Crippen LogP contribution in [0.1, 0.15) is 40.2 Å². The van der Waals surface area contributed by atoms with E-state index in [1.165, 1.54) is 0 Å².